The second kappa shape index (κ2) is 15.1. The average molecular weight is 567 g/mol. The summed E-state index contributed by atoms with van der Waals surface area (Å²) in [4.78, 5) is 31.6. The molecule has 3 aromatic carbocycles. The number of benzene rings is 3. The SMILES string of the molecule is CCC(CN1CC[C@@H](CNC(=O)c2ccc(-c3ccccc3)cc2)N[C@@H](CCN2CCCCC2)C1=O)c1ccccc1. The lowest BCUT2D eigenvalue weighted by molar-refractivity contribution is -0.133. The Labute approximate surface area is 251 Å². The number of nitrogens with one attached hydrogen (secondary N) is 2. The van der Waals surface area contributed by atoms with Gasteiger partial charge in [0, 0.05) is 43.7 Å². The summed E-state index contributed by atoms with van der Waals surface area (Å²) >= 11 is 0. The highest BCUT2D eigenvalue weighted by atomic mass is 16.2. The van der Waals surface area contributed by atoms with Crippen molar-refractivity contribution in [1.29, 1.82) is 0 Å². The van der Waals surface area contributed by atoms with Crippen LogP contribution in [0.2, 0.25) is 0 Å². The van der Waals surface area contributed by atoms with Gasteiger partial charge in [0.05, 0.1) is 6.04 Å². The zero-order valence-electron chi connectivity index (χ0n) is 25.0. The first-order chi connectivity index (χ1) is 20.6. The molecule has 2 fully saturated rings. The molecular formula is C36H46N4O2. The summed E-state index contributed by atoms with van der Waals surface area (Å²) < 4.78 is 0. The molecule has 0 saturated carbocycles. The molecule has 0 spiro atoms. The van der Waals surface area contributed by atoms with Crippen molar-refractivity contribution in [1.82, 2.24) is 20.4 Å². The molecule has 2 amide bonds. The molecule has 6 heteroatoms. The molecule has 3 atom stereocenters. The summed E-state index contributed by atoms with van der Waals surface area (Å²) in [6.45, 7) is 7.31. The number of piperidine rings is 1. The fourth-order valence-electron chi connectivity index (χ4n) is 6.35. The van der Waals surface area contributed by atoms with Gasteiger partial charge in [-0.1, -0.05) is 86.1 Å². The van der Waals surface area contributed by atoms with E-state index in [9.17, 15) is 9.59 Å². The van der Waals surface area contributed by atoms with Crippen molar-refractivity contribution < 1.29 is 9.59 Å². The first kappa shape index (κ1) is 30.0. The van der Waals surface area contributed by atoms with Crippen LogP contribution in [0.3, 0.4) is 0 Å². The molecule has 2 aliphatic rings. The Kier molecular flexibility index (Phi) is 10.8. The van der Waals surface area contributed by atoms with Crippen LogP contribution in [0.25, 0.3) is 11.1 Å². The fourth-order valence-corrected chi connectivity index (χ4v) is 6.35. The minimum absolute atomic E-state index is 0.0367. The molecule has 2 saturated heterocycles. The van der Waals surface area contributed by atoms with Gasteiger partial charge in [0.2, 0.25) is 5.91 Å². The van der Waals surface area contributed by atoms with Gasteiger partial charge in [-0.15, -0.1) is 0 Å². The summed E-state index contributed by atoms with van der Waals surface area (Å²) in [5.74, 6) is 0.434. The smallest absolute Gasteiger partial charge is 0.251 e. The van der Waals surface area contributed by atoms with Crippen molar-refractivity contribution in [3.8, 4) is 11.1 Å². The first-order valence-corrected chi connectivity index (χ1v) is 15.9. The summed E-state index contributed by atoms with van der Waals surface area (Å²) in [5.41, 5.74) is 4.16. The van der Waals surface area contributed by atoms with E-state index in [1.54, 1.807) is 0 Å². The number of carbonyl (C=O) groups is 2. The Bertz CT molecular complexity index is 1260. The van der Waals surface area contributed by atoms with Gasteiger partial charge in [-0.05, 0) is 74.0 Å². The second-order valence-electron chi connectivity index (χ2n) is 11.8. The Balaban J connectivity index is 1.23. The minimum atomic E-state index is -0.241. The molecule has 5 rings (SSSR count). The van der Waals surface area contributed by atoms with E-state index in [0.29, 0.717) is 24.6 Å². The zero-order valence-corrected chi connectivity index (χ0v) is 25.0. The normalized spacial score (nSPS) is 20.6. The molecule has 42 heavy (non-hydrogen) atoms. The number of carbonyl (C=O) groups excluding carboxylic acids is 2. The molecule has 3 aromatic rings. The predicted octanol–water partition coefficient (Wildman–Crippen LogP) is 5.71. The van der Waals surface area contributed by atoms with E-state index in [2.05, 4.69) is 63.8 Å². The molecule has 0 radical (unpaired) electrons. The Hall–Kier alpha value is -3.48. The van der Waals surface area contributed by atoms with Crippen molar-refractivity contribution in [2.45, 2.75) is 63.5 Å². The van der Waals surface area contributed by atoms with E-state index in [-0.39, 0.29) is 23.9 Å². The van der Waals surface area contributed by atoms with Gasteiger partial charge in [-0.3, -0.25) is 9.59 Å². The van der Waals surface area contributed by atoms with Gasteiger partial charge in [0.25, 0.3) is 5.91 Å². The third-order valence-corrected chi connectivity index (χ3v) is 8.94. The molecule has 2 heterocycles. The summed E-state index contributed by atoms with van der Waals surface area (Å²) in [6, 6.07) is 28.3. The molecule has 0 bridgehead atoms. The number of hydrogen-bond acceptors (Lipinski definition) is 4. The molecular weight excluding hydrogens is 520 g/mol. The third kappa shape index (κ3) is 8.08. The van der Waals surface area contributed by atoms with Crippen LogP contribution in [-0.4, -0.2) is 73.0 Å². The number of hydrogen-bond donors (Lipinski definition) is 2. The van der Waals surface area contributed by atoms with Crippen LogP contribution in [0, 0.1) is 0 Å². The summed E-state index contributed by atoms with van der Waals surface area (Å²) in [7, 11) is 0. The first-order valence-electron chi connectivity index (χ1n) is 15.9. The molecule has 2 aliphatic heterocycles. The van der Waals surface area contributed by atoms with Crippen molar-refractivity contribution in [3.05, 3.63) is 96.1 Å². The highest BCUT2D eigenvalue weighted by Crippen LogP contribution is 2.23. The van der Waals surface area contributed by atoms with Crippen molar-refractivity contribution >= 4 is 11.8 Å². The van der Waals surface area contributed by atoms with E-state index in [0.717, 1.165) is 56.6 Å². The standard InChI is InChI=1S/C36H46N4O2/c1-2-28(29-12-6-3-7-13-29)27-40-25-20-33(38-34(36(40)42)21-24-39-22-10-5-11-23-39)26-37-35(41)32-18-16-31(17-19-32)30-14-8-4-9-15-30/h3-4,6-9,12-19,28,33-34,38H,2,5,10-11,20-27H2,1H3,(H,37,41)/t28?,33-,34-/m0/s1. The van der Waals surface area contributed by atoms with Gasteiger partial charge in [0.1, 0.15) is 0 Å². The van der Waals surface area contributed by atoms with E-state index in [1.165, 1.54) is 24.8 Å². The van der Waals surface area contributed by atoms with Crippen LogP contribution < -0.4 is 10.6 Å². The predicted molar refractivity (Wildman–Crippen MR) is 171 cm³/mol. The van der Waals surface area contributed by atoms with E-state index >= 15 is 0 Å². The van der Waals surface area contributed by atoms with E-state index in [4.69, 9.17) is 0 Å². The molecule has 0 aliphatic carbocycles. The maximum absolute atomic E-state index is 13.9. The van der Waals surface area contributed by atoms with Crippen LogP contribution in [0.1, 0.15) is 67.3 Å². The lowest BCUT2D eigenvalue weighted by atomic mass is 9.95. The fraction of sp³-hybridized carbons (Fsp3) is 0.444. The van der Waals surface area contributed by atoms with Crippen molar-refractivity contribution in [3.63, 3.8) is 0 Å². The topological polar surface area (TPSA) is 64.7 Å². The summed E-state index contributed by atoms with van der Waals surface area (Å²) in [6.07, 6.45) is 6.39. The van der Waals surface area contributed by atoms with Gasteiger partial charge in [-0.25, -0.2) is 0 Å². The molecule has 6 nitrogen and oxygen atoms in total. The van der Waals surface area contributed by atoms with Crippen LogP contribution in [-0.2, 0) is 4.79 Å². The van der Waals surface area contributed by atoms with Gasteiger partial charge in [0.15, 0.2) is 0 Å². The Morgan fingerprint density at radius 2 is 1.55 bits per heavy atom. The molecule has 222 valence electrons. The lowest BCUT2D eigenvalue weighted by Crippen LogP contribution is -2.50. The Morgan fingerprint density at radius 3 is 2.24 bits per heavy atom. The second-order valence-corrected chi connectivity index (χ2v) is 11.8. The largest absolute Gasteiger partial charge is 0.350 e. The molecule has 1 unspecified atom stereocenters. The number of likely N-dealkylation sites (tertiary alicyclic amines) is 1. The quantitative estimate of drug-likeness (QED) is 0.312. The maximum Gasteiger partial charge on any atom is 0.251 e. The highest BCUT2D eigenvalue weighted by Gasteiger charge is 2.32. The average Bonchev–Trinajstić information content (AvgIpc) is 3.20. The van der Waals surface area contributed by atoms with Crippen LogP contribution in [0.15, 0.2) is 84.9 Å². The lowest BCUT2D eigenvalue weighted by Gasteiger charge is -2.31. The van der Waals surface area contributed by atoms with Crippen LogP contribution in [0.5, 0.6) is 0 Å². The van der Waals surface area contributed by atoms with Gasteiger partial charge < -0.3 is 20.4 Å². The number of nitrogens with zero attached hydrogens (tertiary/aromatic N) is 2. The third-order valence-electron chi connectivity index (χ3n) is 8.94. The molecule has 2 N–H and O–H groups in total. The van der Waals surface area contributed by atoms with Gasteiger partial charge >= 0.3 is 0 Å². The van der Waals surface area contributed by atoms with Gasteiger partial charge in [-0.2, -0.15) is 0 Å². The van der Waals surface area contributed by atoms with Crippen LogP contribution in [0.4, 0.5) is 0 Å². The molecule has 0 aromatic heterocycles. The summed E-state index contributed by atoms with van der Waals surface area (Å²) in [5, 5.41) is 6.82. The van der Waals surface area contributed by atoms with E-state index < -0.39 is 0 Å². The minimum Gasteiger partial charge on any atom is -0.350 e. The monoisotopic (exact) mass is 566 g/mol. The Morgan fingerprint density at radius 1 is 0.881 bits per heavy atom. The van der Waals surface area contributed by atoms with Crippen molar-refractivity contribution in [2.24, 2.45) is 0 Å². The highest BCUT2D eigenvalue weighted by molar-refractivity contribution is 5.94. The van der Waals surface area contributed by atoms with Crippen LogP contribution >= 0.6 is 0 Å². The number of rotatable bonds is 11. The maximum atomic E-state index is 13.9. The van der Waals surface area contributed by atoms with E-state index in [1.807, 2.05) is 48.5 Å². The van der Waals surface area contributed by atoms with Crippen molar-refractivity contribution in [2.75, 3.05) is 39.3 Å². The number of amides is 2. The zero-order chi connectivity index (χ0) is 29.1.